The lowest BCUT2D eigenvalue weighted by atomic mass is 9.90. The van der Waals surface area contributed by atoms with E-state index in [0.29, 0.717) is 29.5 Å². The summed E-state index contributed by atoms with van der Waals surface area (Å²) in [6.45, 7) is 3.32. The van der Waals surface area contributed by atoms with E-state index in [4.69, 9.17) is 9.47 Å². The van der Waals surface area contributed by atoms with E-state index in [1.54, 1.807) is 19.1 Å². The van der Waals surface area contributed by atoms with Crippen LogP contribution in [0.5, 0.6) is 11.5 Å². The van der Waals surface area contributed by atoms with Crippen LogP contribution in [0.25, 0.3) is 0 Å². The normalized spacial score (nSPS) is 15.3. The first-order chi connectivity index (χ1) is 15.0. The number of rotatable bonds is 6. The number of carbonyl (C=O) groups is 1. The van der Waals surface area contributed by atoms with Crippen molar-refractivity contribution in [3.05, 3.63) is 70.8 Å². The van der Waals surface area contributed by atoms with Crippen molar-refractivity contribution in [2.45, 2.75) is 38.8 Å². The van der Waals surface area contributed by atoms with Gasteiger partial charge in [0, 0.05) is 38.0 Å². The summed E-state index contributed by atoms with van der Waals surface area (Å²) in [6.07, 6.45) is 1.92. The second kappa shape index (κ2) is 8.79. The standard InChI is InChI=1S/C24H28N4O3/c1-16-25-26-23-11-9-20(15-28(16)23)18-6-5-7-19(13-18)24(29)27(2)14-17-8-10-21(30-3)22(12-17)31-4/h5-8,10,12-13,20H,9,11,14-15H2,1-4H3. The van der Waals surface area contributed by atoms with Crippen molar-refractivity contribution in [2.24, 2.45) is 0 Å². The average Bonchev–Trinajstić information content (AvgIpc) is 3.18. The third-order valence-corrected chi connectivity index (χ3v) is 5.95. The molecule has 0 saturated heterocycles. The van der Waals surface area contributed by atoms with Crippen molar-refractivity contribution in [3.8, 4) is 11.5 Å². The molecule has 7 nitrogen and oxygen atoms in total. The van der Waals surface area contributed by atoms with Crippen LogP contribution in [0.15, 0.2) is 42.5 Å². The smallest absolute Gasteiger partial charge is 0.253 e. The minimum atomic E-state index is -0.00592. The van der Waals surface area contributed by atoms with E-state index < -0.39 is 0 Å². The minimum Gasteiger partial charge on any atom is -0.493 e. The molecule has 2 heterocycles. The van der Waals surface area contributed by atoms with Crippen LogP contribution in [-0.2, 0) is 19.5 Å². The number of hydrogen-bond acceptors (Lipinski definition) is 5. The number of carbonyl (C=O) groups excluding carboxylic acids is 1. The zero-order valence-electron chi connectivity index (χ0n) is 18.5. The molecule has 31 heavy (non-hydrogen) atoms. The average molecular weight is 421 g/mol. The van der Waals surface area contributed by atoms with E-state index in [-0.39, 0.29) is 5.91 Å². The van der Waals surface area contributed by atoms with E-state index >= 15 is 0 Å². The Bertz CT molecular complexity index is 1090. The molecule has 162 valence electrons. The molecule has 0 aliphatic carbocycles. The van der Waals surface area contributed by atoms with Crippen molar-refractivity contribution < 1.29 is 14.3 Å². The Morgan fingerprint density at radius 1 is 1.13 bits per heavy atom. The second-order valence-corrected chi connectivity index (χ2v) is 7.99. The van der Waals surface area contributed by atoms with Gasteiger partial charge in [0.1, 0.15) is 11.6 Å². The van der Waals surface area contributed by atoms with Crippen LogP contribution >= 0.6 is 0 Å². The van der Waals surface area contributed by atoms with Crippen molar-refractivity contribution in [3.63, 3.8) is 0 Å². The molecule has 1 atom stereocenters. The summed E-state index contributed by atoms with van der Waals surface area (Å²) in [5.41, 5.74) is 2.86. The molecule has 1 aliphatic heterocycles. The highest BCUT2D eigenvalue weighted by Crippen LogP contribution is 2.30. The van der Waals surface area contributed by atoms with Crippen LogP contribution < -0.4 is 9.47 Å². The molecular formula is C24H28N4O3. The Kier molecular flexibility index (Phi) is 5.93. The summed E-state index contributed by atoms with van der Waals surface area (Å²) >= 11 is 0. The zero-order chi connectivity index (χ0) is 22.0. The summed E-state index contributed by atoms with van der Waals surface area (Å²) in [6, 6.07) is 13.7. The first-order valence-corrected chi connectivity index (χ1v) is 10.4. The van der Waals surface area contributed by atoms with Crippen LogP contribution in [0.4, 0.5) is 0 Å². The van der Waals surface area contributed by atoms with Gasteiger partial charge < -0.3 is 18.9 Å². The topological polar surface area (TPSA) is 69.5 Å². The van der Waals surface area contributed by atoms with Gasteiger partial charge >= 0.3 is 0 Å². The highest BCUT2D eigenvalue weighted by atomic mass is 16.5. The van der Waals surface area contributed by atoms with Crippen LogP contribution in [0, 0.1) is 6.92 Å². The van der Waals surface area contributed by atoms with Crippen LogP contribution in [0.1, 0.15) is 45.5 Å². The lowest BCUT2D eigenvalue weighted by Crippen LogP contribution is -2.26. The zero-order valence-corrected chi connectivity index (χ0v) is 18.5. The van der Waals surface area contributed by atoms with Gasteiger partial charge in [0.05, 0.1) is 14.2 Å². The van der Waals surface area contributed by atoms with Gasteiger partial charge in [0.2, 0.25) is 0 Å². The van der Waals surface area contributed by atoms with Crippen molar-refractivity contribution in [1.82, 2.24) is 19.7 Å². The largest absolute Gasteiger partial charge is 0.493 e. The summed E-state index contributed by atoms with van der Waals surface area (Å²) in [4.78, 5) is 14.8. The summed E-state index contributed by atoms with van der Waals surface area (Å²) in [5.74, 6) is 3.67. The van der Waals surface area contributed by atoms with Gasteiger partial charge in [0.25, 0.3) is 5.91 Å². The van der Waals surface area contributed by atoms with Gasteiger partial charge in [-0.2, -0.15) is 0 Å². The molecule has 7 heteroatoms. The molecule has 1 unspecified atom stereocenters. The number of fused-ring (bicyclic) bond motifs is 1. The van der Waals surface area contributed by atoms with E-state index in [1.165, 1.54) is 5.56 Å². The Morgan fingerprint density at radius 2 is 1.94 bits per heavy atom. The van der Waals surface area contributed by atoms with Gasteiger partial charge in [-0.05, 0) is 48.7 Å². The van der Waals surface area contributed by atoms with Crippen molar-refractivity contribution in [1.29, 1.82) is 0 Å². The fourth-order valence-electron chi connectivity index (χ4n) is 4.21. The maximum atomic E-state index is 13.1. The van der Waals surface area contributed by atoms with Gasteiger partial charge in [-0.1, -0.05) is 18.2 Å². The van der Waals surface area contributed by atoms with Crippen LogP contribution in [0.2, 0.25) is 0 Å². The first kappa shape index (κ1) is 20.9. The Labute approximate surface area is 182 Å². The third kappa shape index (κ3) is 4.26. The van der Waals surface area contributed by atoms with E-state index in [0.717, 1.165) is 36.6 Å². The second-order valence-electron chi connectivity index (χ2n) is 7.99. The fraction of sp³-hybridized carbons (Fsp3) is 0.375. The van der Waals surface area contributed by atoms with Gasteiger partial charge in [-0.15, -0.1) is 10.2 Å². The lowest BCUT2D eigenvalue weighted by molar-refractivity contribution is 0.0785. The maximum absolute atomic E-state index is 13.1. The number of nitrogens with zero attached hydrogens (tertiary/aromatic N) is 4. The lowest BCUT2D eigenvalue weighted by Gasteiger charge is -2.25. The highest BCUT2D eigenvalue weighted by Gasteiger charge is 2.24. The highest BCUT2D eigenvalue weighted by molar-refractivity contribution is 5.94. The molecular weight excluding hydrogens is 392 g/mol. The molecule has 4 rings (SSSR count). The molecule has 0 N–H and O–H groups in total. The quantitative estimate of drug-likeness (QED) is 0.609. The van der Waals surface area contributed by atoms with E-state index in [9.17, 15) is 4.79 Å². The number of methoxy groups -OCH3 is 2. The number of aromatic nitrogens is 3. The number of amides is 1. The fourth-order valence-corrected chi connectivity index (χ4v) is 4.21. The third-order valence-electron chi connectivity index (χ3n) is 5.95. The molecule has 0 radical (unpaired) electrons. The van der Waals surface area contributed by atoms with E-state index in [1.807, 2.05) is 50.4 Å². The maximum Gasteiger partial charge on any atom is 0.253 e. The van der Waals surface area contributed by atoms with Gasteiger partial charge in [-0.25, -0.2) is 0 Å². The molecule has 1 aromatic heterocycles. The molecule has 0 spiro atoms. The van der Waals surface area contributed by atoms with Crippen molar-refractivity contribution >= 4 is 5.91 Å². The molecule has 3 aromatic rings. The van der Waals surface area contributed by atoms with Crippen LogP contribution in [-0.4, -0.2) is 46.8 Å². The molecule has 0 bridgehead atoms. The number of ether oxygens (including phenoxy) is 2. The molecule has 0 fully saturated rings. The summed E-state index contributed by atoms with van der Waals surface area (Å²) in [7, 11) is 5.04. The molecule has 1 amide bonds. The minimum absolute atomic E-state index is 0.00592. The Morgan fingerprint density at radius 3 is 2.71 bits per heavy atom. The predicted octanol–water partition coefficient (Wildman–Crippen LogP) is 3.61. The number of hydrogen-bond donors (Lipinski definition) is 0. The number of benzene rings is 2. The first-order valence-electron chi connectivity index (χ1n) is 10.4. The Balaban J connectivity index is 1.49. The van der Waals surface area contributed by atoms with E-state index in [2.05, 4.69) is 20.8 Å². The molecule has 2 aromatic carbocycles. The van der Waals surface area contributed by atoms with Gasteiger partial charge in [0.15, 0.2) is 11.5 Å². The van der Waals surface area contributed by atoms with Crippen LogP contribution in [0.3, 0.4) is 0 Å². The summed E-state index contributed by atoms with van der Waals surface area (Å²) < 4.78 is 12.9. The molecule has 1 aliphatic rings. The summed E-state index contributed by atoms with van der Waals surface area (Å²) in [5, 5.41) is 8.45. The van der Waals surface area contributed by atoms with Gasteiger partial charge in [-0.3, -0.25) is 4.79 Å². The SMILES string of the molecule is COc1ccc(CN(C)C(=O)c2cccc(C3CCc4nnc(C)n4C3)c2)cc1OC. The van der Waals surface area contributed by atoms with Crippen molar-refractivity contribution in [2.75, 3.05) is 21.3 Å². The Hall–Kier alpha value is -3.35. The molecule has 0 saturated carbocycles. The monoisotopic (exact) mass is 420 g/mol. The number of aryl methyl sites for hydroxylation is 2. The predicted molar refractivity (Wildman–Crippen MR) is 118 cm³/mol.